The lowest BCUT2D eigenvalue weighted by Gasteiger charge is -2.14. The molecule has 9 nitrogen and oxygen atoms in total. The van der Waals surface area contributed by atoms with Crippen LogP contribution < -0.4 is 21.7 Å². The van der Waals surface area contributed by atoms with E-state index in [4.69, 9.17) is 27.9 Å². The van der Waals surface area contributed by atoms with Crippen molar-refractivity contribution < 1.29 is 19.5 Å². The number of nitrogens with one attached hydrogen (secondary N) is 4. The van der Waals surface area contributed by atoms with Crippen molar-refractivity contribution in [1.82, 2.24) is 5.32 Å². The predicted octanol–water partition coefficient (Wildman–Crippen LogP) is 2.79. The second-order valence-electron chi connectivity index (χ2n) is 6.17. The van der Waals surface area contributed by atoms with Crippen molar-refractivity contribution in [3.05, 3.63) is 57.0 Å². The van der Waals surface area contributed by atoms with Gasteiger partial charge in [-0.15, -0.1) is 0 Å². The summed E-state index contributed by atoms with van der Waals surface area (Å²) in [5.74, 6) is -2.23. The third-order valence-electron chi connectivity index (χ3n) is 3.82. The summed E-state index contributed by atoms with van der Waals surface area (Å²) in [6, 6.07) is 9.46. The third kappa shape index (κ3) is 7.05. The lowest BCUT2D eigenvalue weighted by Crippen LogP contribution is -2.33. The number of anilines is 2. The van der Waals surface area contributed by atoms with Crippen molar-refractivity contribution in [1.29, 1.82) is 5.41 Å². The van der Waals surface area contributed by atoms with Crippen molar-refractivity contribution >= 4 is 62.6 Å². The van der Waals surface area contributed by atoms with E-state index >= 15 is 0 Å². The molecular weight excluding hydrogens is 478 g/mol. The van der Waals surface area contributed by atoms with Gasteiger partial charge in [0.2, 0.25) is 5.91 Å². The number of hydrogen-bond acceptors (Lipinski definition) is 4. The van der Waals surface area contributed by atoms with Crippen molar-refractivity contribution in [2.75, 3.05) is 17.2 Å². The first-order valence-corrected chi connectivity index (χ1v) is 9.81. The minimum absolute atomic E-state index is 0.128. The number of nitrogens with two attached hydrogens (primary N) is 1. The summed E-state index contributed by atoms with van der Waals surface area (Å²) in [6.07, 6.45) is 0.0451. The SMILES string of the molecule is N=C(N)Nc1cccc(C(=O)NCC(=O)Nc2c(Br)cc(Cl)cc2CCC(=O)O)c1. The highest BCUT2D eigenvalue weighted by molar-refractivity contribution is 9.10. The van der Waals surface area contributed by atoms with E-state index in [0.717, 1.165) is 0 Å². The Bertz CT molecular complexity index is 999. The monoisotopic (exact) mass is 495 g/mol. The summed E-state index contributed by atoms with van der Waals surface area (Å²) in [5, 5.41) is 24.3. The number of aryl methyl sites for hydroxylation is 1. The van der Waals surface area contributed by atoms with E-state index in [-0.39, 0.29) is 30.9 Å². The molecule has 0 atom stereocenters. The molecule has 0 aromatic heterocycles. The van der Waals surface area contributed by atoms with Gasteiger partial charge in [-0.1, -0.05) is 17.7 Å². The molecule has 0 saturated heterocycles. The zero-order valence-electron chi connectivity index (χ0n) is 15.6. The van der Waals surface area contributed by atoms with Crippen LogP contribution in [-0.4, -0.2) is 35.4 Å². The lowest BCUT2D eigenvalue weighted by molar-refractivity contribution is -0.137. The van der Waals surface area contributed by atoms with E-state index in [1.807, 2.05) is 0 Å². The Morgan fingerprint density at radius 1 is 1.17 bits per heavy atom. The minimum atomic E-state index is -0.975. The van der Waals surface area contributed by atoms with Gasteiger partial charge >= 0.3 is 5.97 Å². The number of carboxylic acids is 1. The molecule has 2 amide bonds. The molecule has 0 bridgehead atoms. The predicted molar refractivity (Wildman–Crippen MR) is 118 cm³/mol. The van der Waals surface area contributed by atoms with Gasteiger partial charge in [-0.05, 0) is 58.2 Å². The third-order valence-corrected chi connectivity index (χ3v) is 4.67. The fraction of sp³-hybridized carbons (Fsp3) is 0.158. The van der Waals surface area contributed by atoms with E-state index in [2.05, 4.69) is 31.9 Å². The Balaban J connectivity index is 2.03. The average molecular weight is 497 g/mol. The number of aliphatic carboxylic acids is 1. The van der Waals surface area contributed by atoms with Crippen LogP contribution in [-0.2, 0) is 16.0 Å². The summed E-state index contributed by atoms with van der Waals surface area (Å²) in [5.41, 5.74) is 6.97. The average Bonchev–Trinajstić information content (AvgIpc) is 2.66. The molecular formula is C19H19BrClN5O4. The van der Waals surface area contributed by atoms with Crippen molar-refractivity contribution in [3.8, 4) is 0 Å². The van der Waals surface area contributed by atoms with Gasteiger partial charge in [-0.25, -0.2) is 0 Å². The second-order valence-corrected chi connectivity index (χ2v) is 7.46. The standard InChI is InChI=1S/C19H19BrClN5O4/c20-14-8-12(21)6-10(4-5-16(28)29)17(14)26-15(27)9-24-18(30)11-2-1-3-13(7-11)25-19(22)23/h1-3,6-8H,4-5,9H2,(H,24,30)(H,26,27)(H,28,29)(H4,22,23,25). The molecule has 11 heteroatoms. The smallest absolute Gasteiger partial charge is 0.303 e. The number of carboxylic acid groups (broad SMARTS) is 1. The zero-order valence-corrected chi connectivity index (χ0v) is 17.9. The van der Waals surface area contributed by atoms with Crippen LogP contribution in [0.3, 0.4) is 0 Å². The van der Waals surface area contributed by atoms with E-state index < -0.39 is 17.8 Å². The van der Waals surface area contributed by atoms with Gasteiger partial charge in [0.25, 0.3) is 5.91 Å². The number of hydrogen-bond donors (Lipinski definition) is 6. The summed E-state index contributed by atoms with van der Waals surface area (Å²) in [6.45, 7) is -0.309. The molecule has 0 aliphatic heterocycles. The number of carbonyl (C=O) groups is 3. The van der Waals surface area contributed by atoms with Gasteiger partial charge in [-0.3, -0.25) is 19.8 Å². The highest BCUT2D eigenvalue weighted by Gasteiger charge is 2.15. The summed E-state index contributed by atoms with van der Waals surface area (Å²) >= 11 is 9.32. The summed E-state index contributed by atoms with van der Waals surface area (Å²) in [4.78, 5) is 35.5. The molecule has 2 rings (SSSR count). The van der Waals surface area contributed by atoms with Crippen LogP contribution in [0.25, 0.3) is 0 Å². The Hall–Kier alpha value is -3.11. The normalized spacial score (nSPS) is 10.2. The van der Waals surface area contributed by atoms with Crippen LogP contribution >= 0.6 is 27.5 Å². The molecule has 2 aromatic rings. The quantitative estimate of drug-likeness (QED) is 0.244. The number of amides is 2. The van der Waals surface area contributed by atoms with Gasteiger partial charge in [0.15, 0.2) is 5.96 Å². The molecule has 30 heavy (non-hydrogen) atoms. The van der Waals surface area contributed by atoms with Gasteiger partial charge in [0.05, 0.1) is 12.2 Å². The zero-order chi connectivity index (χ0) is 22.3. The highest BCUT2D eigenvalue weighted by Crippen LogP contribution is 2.31. The van der Waals surface area contributed by atoms with E-state index in [9.17, 15) is 14.4 Å². The molecule has 0 unspecified atom stereocenters. The first-order valence-electron chi connectivity index (χ1n) is 8.64. The van der Waals surface area contributed by atoms with Crippen molar-refractivity contribution in [3.63, 3.8) is 0 Å². The number of halogens is 2. The molecule has 0 saturated carbocycles. The molecule has 0 radical (unpaired) electrons. The topological polar surface area (TPSA) is 157 Å². The van der Waals surface area contributed by atoms with Crippen LogP contribution in [0.15, 0.2) is 40.9 Å². The maximum absolute atomic E-state index is 12.3. The van der Waals surface area contributed by atoms with E-state index in [1.165, 1.54) is 6.07 Å². The Labute approximate surface area is 185 Å². The fourth-order valence-corrected chi connectivity index (χ4v) is 3.52. The maximum Gasteiger partial charge on any atom is 0.303 e. The molecule has 0 spiro atoms. The number of benzene rings is 2. The largest absolute Gasteiger partial charge is 0.481 e. The Morgan fingerprint density at radius 2 is 1.90 bits per heavy atom. The second kappa shape index (κ2) is 10.6. The van der Waals surface area contributed by atoms with Crippen LogP contribution in [0, 0.1) is 5.41 Å². The summed E-state index contributed by atoms with van der Waals surface area (Å²) < 4.78 is 0.498. The molecule has 158 valence electrons. The molecule has 0 fully saturated rings. The highest BCUT2D eigenvalue weighted by atomic mass is 79.9. The molecule has 0 heterocycles. The van der Waals surface area contributed by atoms with Gasteiger partial charge in [0.1, 0.15) is 0 Å². The van der Waals surface area contributed by atoms with Gasteiger partial charge in [-0.2, -0.15) is 0 Å². The number of rotatable bonds is 8. The van der Waals surface area contributed by atoms with Crippen LogP contribution in [0.1, 0.15) is 22.3 Å². The Morgan fingerprint density at radius 3 is 2.57 bits per heavy atom. The lowest BCUT2D eigenvalue weighted by atomic mass is 10.1. The number of carbonyl (C=O) groups excluding carboxylic acids is 2. The van der Waals surface area contributed by atoms with E-state index in [0.29, 0.717) is 26.4 Å². The van der Waals surface area contributed by atoms with E-state index in [1.54, 1.807) is 30.3 Å². The fourth-order valence-electron chi connectivity index (χ4n) is 2.55. The Kier molecular flexibility index (Phi) is 8.19. The molecule has 2 aromatic carbocycles. The van der Waals surface area contributed by atoms with Crippen molar-refractivity contribution in [2.45, 2.75) is 12.8 Å². The van der Waals surface area contributed by atoms with Crippen LogP contribution in [0.2, 0.25) is 5.02 Å². The van der Waals surface area contributed by atoms with Crippen LogP contribution in [0.4, 0.5) is 11.4 Å². The molecule has 0 aliphatic rings. The molecule has 0 aliphatic carbocycles. The number of guanidine groups is 1. The van der Waals surface area contributed by atoms with Crippen molar-refractivity contribution in [2.24, 2.45) is 5.73 Å². The minimum Gasteiger partial charge on any atom is -0.481 e. The van der Waals surface area contributed by atoms with Gasteiger partial charge < -0.3 is 26.8 Å². The first-order chi connectivity index (χ1) is 14.2. The van der Waals surface area contributed by atoms with Crippen LogP contribution in [0.5, 0.6) is 0 Å². The first kappa shape index (κ1) is 23.2. The summed E-state index contributed by atoms with van der Waals surface area (Å²) in [7, 11) is 0. The molecule has 7 N–H and O–H groups in total. The maximum atomic E-state index is 12.3. The van der Waals surface area contributed by atoms with Gasteiger partial charge in [0, 0.05) is 27.2 Å².